The Bertz CT molecular complexity index is 1860. The van der Waals surface area contributed by atoms with Gasteiger partial charge in [0.15, 0.2) is 5.82 Å². The van der Waals surface area contributed by atoms with E-state index in [9.17, 15) is 14.3 Å². The predicted octanol–water partition coefficient (Wildman–Crippen LogP) is 7.31. The molecule has 4 aromatic heterocycles. The number of allylic oxidation sites excluding steroid dienone is 2. The number of carboxylic acid groups (broad SMARTS) is 1. The number of rotatable bonds is 10. The molecular formula is C31H28ClFN4O5S. The van der Waals surface area contributed by atoms with Gasteiger partial charge in [-0.25, -0.2) is 14.8 Å². The first-order valence-corrected chi connectivity index (χ1v) is 15.5. The first-order chi connectivity index (χ1) is 20.9. The number of thiophene rings is 1. The molecule has 1 fully saturated rings. The van der Waals surface area contributed by atoms with Crippen LogP contribution < -0.4 is 4.74 Å². The number of carbonyl (C=O) groups is 1. The quantitative estimate of drug-likeness (QED) is 0.173. The Morgan fingerprint density at radius 1 is 1.26 bits per heavy atom. The van der Waals surface area contributed by atoms with Crippen molar-refractivity contribution in [1.82, 2.24) is 19.5 Å². The molecule has 1 aliphatic heterocycles. The van der Waals surface area contributed by atoms with E-state index in [4.69, 9.17) is 30.5 Å². The molecule has 2 aliphatic rings. The summed E-state index contributed by atoms with van der Waals surface area (Å²) in [5.74, 6) is 0.246. The Kier molecular flexibility index (Phi) is 7.62. The van der Waals surface area contributed by atoms with Crippen LogP contribution in [0.3, 0.4) is 0 Å². The van der Waals surface area contributed by atoms with E-state index in [0.29, 0.717) is 33.8 Å². The minimum absolute atomic E-state index is 0.0770. The Balaban J connectivity index is 1.01. The number of carboxylic acids is 1. The predicted molar refractivity (Wildman–Crippen MR) is 160 cm³/mol. The number of aromatic nitrogens is 4. The van der Waals surface area contributed by atoms with Crippen molar-refractivity contribution >= 4 is 55.8 Å². The van der Waals surface area contributed by atoms with E-state index < -0.39 is 11.8 Å². The maximum atomic E-state index is 14.6. The molecule has 222 valence electrons. The van der Waals surface area contributed by atoms with E-state index in [1.807, 2.05) is 0 Å². The topological polar surface area (TPSA) is 113 Å². The number of aromatic carboxylic acids is 1. The van der Waals surface area contributed by atoms with E-state index >= 15 is 0 Å². The van der Waals surface area contributed by atoms with Crippen molar-refractivity contribution in [3.8, 4) is 5.88 Å². The van der Waals surface area contributed by atoms with E-state index in [-0.39, 0.29) is 18.6 Å². The lowest BCUT2D eigenvalue weighted by Crippen LogP contribution is -2.31. The SMILES string of the molecule is O=C(O)c1cc2c(nc(CCC3CC=C(c4ncc(F)c(OCc5ccc(Cl)c6ccoc56)n4)CC3)n2C[C@@H]2CCO2)s1. The van der Waals surface area contributed by atoms with Gasteiger partial charge in [-0.1, -0.05) is 23.7 Å². The van der Waals surface area contributed by atoms with Gasteiger partial charge in [0.2, 0.25) is 5.82 Å². The summed E-state index contributed by atoms with van der Waals surface area (Å²) < 4.78 is 33.7. The number of halogens is 2. The second-order valence-electron chi connectivity index (χ2n) is 10.9. The van der Waals surface area contributed by atoms with Crippen molar-refractivity contribution in [2.75, 3.05) is 6.61 Å². The zero-order chi connectivity index (χ0) is 29.5. The number of imidazole rings is 1. The molecule has 7 rings (SSSR count). The first kappa shape index (κ1) is 28.0. The highest BCUT2D eigenvalue weighted by Crippen LogP contribution is 2.34. The summed E-state index contributed by atoms with van der Waals surface area (Å²) in [4.78, 5) is 26.0. The molecule has 1 aromatic carbocycles. The van der Waals surface area contributed by atoms with Crippen LogP contribution in [0.15, 0.2) is 47.2 Å². The Hall–Kier alpha value is -3.80. The van der Waals surface area contributed by atoms with Crippen LogP contribution in [0.2, 0.25) is 5.02 Å². The fourth-order valence-electron chi connectivity index (χ4n) is 5.73. The standard InChI is InChI=1S/C31H28ClFN4O5S/c32-22-7-6-19(27-21(22)10-12-41-27)16-42-29-23(33)14-34-28(36-29)18-4-1-17(2-5-18)3-8-26-35-30-24(13-25(43-30)31(38)39)37(26)15-20-9-11-40-20/h4,6-7,10,12-14,17,20H,1-3,5,8-9,11,15-16H2,(H,38,39)/t17?,20-/m0/s1. The van der Waals surface area contributed by atoms with Crippen LogP contribution in [0.1, 0.15) is 59.0 Å². The lowest BCUT2D eigenvalue weighted by Gasteiger charge is -2.27. The average Bonchev–Trinajstić information content (AvgIpc) is 3.71. The van der Waals surface area contributed by atoms with Crippen LogP contribution in [0.4, 0.5) is 4.39 Å². The Morgan fingerprint density at radius 2 is 2.14 bits per heavy atom. The fourth-order valence-corrected chi connectivity index (χ4v) is 6.84. The van der Waals surface area contributed by atoms with Gasteiger partial charge in [-0.15, -0.1) is 11.3 Å². The van der Waals surface area contributed by atoms with E-state index in [2.05, 4.69) is 20.6 Å². The van der Waals surface area contributed by atoms with Gasteiger partial charge in [0.1, 0.15) is 27.7 Å². The Morgan fingerprint density at radius 3 is 2.91 bits per heavy atom. The highest BCUT2D eigenvalue weighted by molar-refractivity contribution is 7.20. The molecule has 1 unspecified atom stereocenters. The van der Waals surface area contributed by atoms with Gasteiger partial charge in [0.05, 0.1) is 35.6 Å². The maximum Gasteiger partial charge on any atom is 0.346 e. The molecule has 0 radical (unpaired) electrons. The Labute approximate surface area is 254 Å². The summed E-state index contributed by atoms with van der Waals surface area (Å²) in [5, 5.41) is 10.8. The van der Waals surface area contributed by atoms with Crippen LogP contribution in [0, 0.1) is 11.7 Å². The molecule has 1 aliphatic carbocycles. The molecule has 9 nitrogen and oxygen atoms in total. The highest BCUT2D eigenvalue weighted by Gasteiger charge is 2.25. The molecule has 5 aromatic rings. The molecule has 1 saturated heterocycles. The lowest BCUT2D eigenvalue weighted by atomic mass is 9.86. The second kappa shape index (κ2) is 11.7. The third-order valence-corrected chi connectivity index (χ3v) is 9.56. The first-order valence-electron chi connectivity index (χ1n) is 14.3. The van der Waals surface area contributed by atoms with Crippen molar-refractivity contribution in [3.63, 3.8) is 0 Å². The van der Waals surface area contributed by atoms with Gasteiger partial charge in [-0.3, -0.25) is 0 Å². The number of furan rings is 1. The van der Waals surface area contributed by atoms with E-state index in [1.54, 1.807) is 30.5 Å². The molecule has 0 spiro atoms. The van der Waals surface area contributed by atoms with Crippen LogP contribution in [-0.4, -0.2) is 43.3 Å². The van der Waals surface area contributed by atoms with E-state index in [0.717, 1.165) is 84.0 Å². The molecule has 1 N–H and O–H groups in total. The number of benzene rings is 1. The largest absolute Gasteiger partial charge is 0.477 e. The maximum absolute atomic E-state index is 14.6. The van der Waals surface area contributed by atoms with E-state index in [1.165, 1.54) is 11.3 Å². The summed E-state index contributed by atoms with van der Waals surface area (Å²) in [5.41, 5.74) is 3.19. The second-order valence-corrected chi connectivity index (χ2v) is 12.4. The summed E-state index contributed by atoms with van der Waals surface area (Å²) >= 11 is 7.44. The summed E-state index contributed by atoms with van der Waals surface area (Å²) in [6.45, 7) is 1.53. The number of fused-ring (bicyclic) bond motifs is 2. The van der Waals surface area contributed by atoms with Crippen molar-refractivity contribution in [2.45, 2.75) is 57.8 Å². The highest BCUT2D eigenvalue weighted by atomic mass is 35.5. The lowest BCUT2D eigenvalue weighted by molar-refractivity contribution is -0.0590. The zero-order valence-electron chi connectivity index (χ0n) is 23.1. The molecule has 5 heterocycles. The number of ether oxygens (including phenoxy) is 2. The summed E-state index contributed by atoms with van der Waals surface area (Å²) in [6.07, 6.45) is 10.3. The molecule has 12 heteroatoms. The van der Waals surface area contributed by atoms with Gasteiger partial charge < -0.3 is 23.6 Å². The van der Waals surface area contributed by atoms with Crippen molar-refractivity contribution < 1.29 is 28.2 Å². The fraction of sp³-hybridized carbons (Fsp3) is 0.355. The number of hydrogen-bond donors (Lipinski definition) is 1. The van der Waals surface area contributed by atoms with Crippen molar-refractivity contribution in [1.29, 1.82) is 0 Å². The van der Waals surface area contributed by atoms with Gasteiger partial charge >= 0.3 is 5.97 Å². The number of nitrogens with zero attached hydrogens (tertiary/aromatic N) is 4. The number of hydrogen-bond acceptors (Lipinski definition) is 8. The van der Waals surface area contributed by atoms with Crippen LogP contribution in [0.5, 0.6) is 5.88 Å². The number of aryl methyl sites for hydroxylation is 1. The molecule has 0 saturated carbocycles. The van der Waals surface area contributed by atoms with Gasteiger partial charge in [0.25, 0.3) is 5.88 Å². The average molecular weight is 623 g/mol. The molecule has 0 bridgehead atoms. The molecule has 0 amide bonds. The normalized spacial score (nSPS) is 18.6. The minimum Gasteiger partial charge on any atom is -0.477 e. The van der Waals surface area contributed by atoms with Crippen molar-refractivity contribution in [3.05, 3.63) is 75.7 Å². The van der Waals surface area contributed by atoms with Gasteiger partial charge in [0, 0.05) is 24.0 Å². The monoisotopic (exact) mass is 622 g/mol. The molecular weight excluding hydrogens is 595 g/mol. The van der Waals surface area contributed by atoms with Gasteiger partial charge in [-0.05, 0) is 61.8 Å². The molecule has 43 heavy (non-hydrogen) atoms. The zero-order valence-corrected chi connectivity index (χ0v) is 24.7. The van der Waals surface area contributed by atoms with Crippen LogP contribution >= 0.6 is 22.9 Å². The third-order valence-electron chi connectivity index (χ3n) is 8.22. The van der Waals surface area contributed by atoms with Crippen LogP contribution in [0.25, 0.3) is 26.9 Å². The smallest absolute Gasteiger partial charge is 0.346 e. The molecule has 2 atom stereocenters. The summed E-state index contributed by atoms with van der Waals surface area (Å²) in [6, 6.07) is 7.06. The third kappa shape index (κ3) is 5.64. The summed E-state index contributed by atoms with van der Waals surface area (Å²) in [7, 11) is 0. The van der Waals surface area contributed by atoms with Gasteiger partial charge in [-0.2, -0.15) is 9.37 Å². The van der Waals surface area contributed by atoms with Crippen molar-refractivity contribution in [2.24, 2.45) is 5.92 Å². The van der Waals surface area contributed by atoms with Crippen LogP contribution in [-0.2, 0) is 24.3 Å². The minimum atomic E-state index is -0.929.